The zero-order chi connectivity index (χ0) is 17.5. The van der Waals surface area contributed by atoms with Crippen molar-refractivity contribution in [2.75, 3.05) is 13.1 Å². The van der Waals surface area contributed by atoms with Gasteiger partial charge in [0.15, 0.2) is 0 Å². The van der Waals surface area contributed by atoms with Gasteiger partial charge in [0.2, 0.25) is 5.91 Å². The normalized spacial score (nSPS) is 18.5. The lowest BCUT2D eigenvalue weighted by Gasteiger charge is -2.28. The highest BCUT2D eigenvalue weighted by Crippen LogP contribution is 2.25. The minimum Gasteiger partial charge on any atom is -0.339 e. The Balaban J connectivity index is 1.48. The molecular formula is C21H27N3O. The Morgan fingerprint density at radius 1 is 1.24 bits per heavy atom. The Hall–Kier alpha value is -2.20. The molecule has 1 aromatic carbocycles. The van der Waals surface area contributed by atoms with Crippen LogP contribution in [-0.4, -0.2) is 34.9 Å². The molecule has 132 valence electrons. The summed E-state index contributed by atoms with van der Waals surface area (Å²) in [6.45, 7) is 4.77. The number of hydrogen-bond acceptors (Lipinski definition) is 3. The molecule has 0 unspecified atom stereocenters. The van der Waals surface area contributed by atoms with E-state index in [1.165, 1.54) is 11.1 Å². The van der Waals surface area contributed by atoms with Gasteiger partial charge in [-0.05, 0) is 42.5 Å². The third-order valence-electron chi connectivity index (χ3n) is 5.00. The zero-order valence-corrected chi connectivity index (χ0v) is 14.9. The first-order chi connectivity index (χ1) is 12.2. The smallest absolute Gasteiger partial charge is 0.222 e. The van der Waals surface area contributed by atoms with Gasteiger partial charge in [-0.1, -0.05) is 43.3 Å². The van der Waals surface area contributed by atoms with Crippen LogP contribution in [-0.2, 0) is 11.3 Å². The molecule has 0 spiro atoms. The lowest BCUT2D eigenvalue weighted by Crippen LogP contribution is -2.37. The zero-order valence-electron chi connectivity index (χ0n) is 14.9. The van der Waals surface area contributed by atoms with E-state index in [0.717, 1.165) is 32.5 Å². The standard InChI is InChI=1S/C21H27N3O/c1-17(19-7-3-2-4-8-19)16-24-20(9-10-21(24)25)11-13-23-15-18-6-5-12-22-14-18/h2-8,12,14,17,20,23H,9-11,13,15-16H2,1H3/t17-,20+/m0/s1. The van der Waals surface area contributed by atoms with E-state index in [0.29, 0.717) is 24.3 Å². The van der Waals surface area contributed by atoms with Gasteiger partial charge >= 0.3 is 0 Å². The predicted octanol–water partition coefficient (Wildman–Crippen LogP) is 3.36. The fraction of sp³-hybridized carbons (Fsp3) is 0.429. The number of amides is 1. The SMILES string of the molecule is C[C@@H](CN1C(=O)CC[C@@H]1CCNCc1cccnc1)c1ccccc1. The molecule has 3 rings (SSSR count). The summed E-state index contributed by atoms with van der Waals surface area (Å²) >= 11 is 0. The molecule has 0 radical (unpaired) electrons. The highest BCUT2D eigenvalue weighted by Gasteiger charge is 2.31. The summed E-state index contributed by atoms with van der Waals surface area (Å²) in [4.78, 5) is 18.5. The number of pyridine rings is 1. The third-order valence-corrected chi connectivity index (χ3v) is 5.00. The first kappa shape index (κ1) is 17.6. The summed E-state index contributed by atoms with van der Waals surface area (Å²) in [5.74, 6) is 0.675. The van der Waals surface area contributed by atoms with Gasteiger partial charge in [0.25, 0.3) is 0 Å². The van der Waals surface area contributed by atoms with Crippen molar-refractivity contribution in [3.05, 3.63) is 66.0 Å². The van der Waals surface area contributed by atoms with Crippen molar-refractivity contribution in [3.63, 3.8) is 0 Å². The maximum Gasteiger partial charge on any atom is 0.222 e. The number of carbonyl (C=O) groups is 1. The molecule has 1 aliphatic rings. The van der Waals surface area contributed by atoms with Gasteiger partial charge in [0.05, 0.1) is 0 Å². The van der Waals surface area contributed by atoms with Gasteiger partial charge in [0.1, 0.15) is 0 Å². The van der Waals surface area contributed by atoms with Crippen LogP contribution in [0.25, 0.3) is 0 Å². The summed E-state index contributed by atoms with van der Waals surface area (Å²) in [5.41, 5.74) is 2.50. The summed E-state index contributed by atoms with van der Waals surface area (Å²) in [5, 5.41) is 3.47. The Labute approximate surface area is 150 Å². The molecule has 1 N–H and O–H groups in total. The van der Waals surface area contributed by atoms with Crippen molar-refractivity contribution in [2.45, 2.75) is 44.7 Å². The van der Waals surface area contributed by atoms with Crippen LogP contribution in [0.15, 0.2) is 54.9 Å². The van der Waals surface area contributed by atoms with E-state index in [-0.39, 0.29) is 0 Å². The first-order valence-electron chi connectivity index (χ1n) is 9.18. The number of benzene rings is 1. The molecule has 0 aliphatic carbocycles. The minimum absolute atomic E-state index is 0.306. The van der Waals surface area contributed by atoms with Gasteiger partial charge in [-0.3, -0.25) is 9.78 Å². The van der Waals surface area contributed by atoms with Crippen LogP contribution in [0.4, 0.5) is 0 Å². The summed E-state index contributed by atoms with van der Waals surface area (Å²) < 4.78 is 0. The molecule has 2 heterocycles. The van der Waals surface area contributed by atoms with Crippen molar-refractivity contribution in [2.24, 2.45) is 0 Å². The van der Waals surface area contributed by atoms with Crippen LogP contribution in [0.1, 0.15) is 43.2 Å². The van der Waals surface area contributed by atoms with Crippen LogP contribution < -0.4 is 5.32 Å². The lowest BCUT2D eigenvalue weighted by atomic mass is 10.00. The van der Waals surface area contributed by atoms with Gasteiger partial charge in [-0.2, -0.15) is 0 Å². The Kier molecular flexibility index (Phi) is 6.18. The van der Waals surface area contributed by atoms with Crippen molar-refractivity contribution < 1.29 is 4.79 Å². The highest BCUT2D eigenvalue weighted by atomic mass is 16.2. The molecule has 1 saturated heterocycles. The summed E-state index contributed by atoms with van der Waals surface area (Å²) in [7, 11) is 0. The van der Waals surface area contributed by atoms with Crippen molar-refractivity contribution >= 4 is 5.91 Å². The molecule has 4 nitrogen and oxygen atoms in total. The fourth-order valence-electron chi connectivity index (χ4n) is 3.53. The number of rotatable bonds is 8. The third kappa shape index (κ3) is 4.89. The molecule has 1 aliphatic heterocycles. The molecule has 25 heavy (non-hydrogen) atoms. The number of carbonyl (C=O) groups excluding carboxylic acids is 1. The number of nitrogens with one attached hydrogen (secondary N) is 1. The number of aromatic nitrogens is 1. The largest absolute Gasteiger partial charge is 0.339 e. The lowest BCUT2D eigenvalue weighted by molar-refractivity contribution is -0.129. The van der Waals surface area contributed by atoms with E-state index in [1.54, 1.807) is 6.20 Å². The highest BCUT2D eigenvalue weighted by molar-refractivity contribution is 5.78. The summed E-state index contributed by atoms with van der Waals surface area (Å²) in [6, 6.07) is 14.9. The predicted molar refractivity (Wildman–Crippen MR) is 100 cm³/mol. The van der Waals surface area contributed by atoms with Gasteiger partial charge < -0.3 is 10.2 Å². The van der Waals surface area contributed by atoms with Gasteiger partial charge in [0, 0.05) is 37.9 Å². The molecule has 0 saturated carbocycles. The fourth-order valence-corrected chi connectivity index (χ4v) is 3.53. The second-order valence-electron chi connectivity index (χ2n) is 6.88. The maximum atomic E-state index is 12.3. The van der Waals surface area contributed by atoms with Crippen molar-refractivity contribution in [1.82, 2.24) is 15.2 Å². The molecule has 1 aromatic heterocycles. The molecule has 2 aromatic rings. The molecule has 0 bridgehead atoms. The molecule has 4 heteroatoms. The number of nitrogens with zero attached hydrogens (tertiary/aromatic N) is 2. The molecule has 1 amide bonds. The Morgan fingerprint density at radius 3 is 2.84 bits per heavy atom. The van der Waals surface area contributed by atoms with Crippen LogP contribution >= 0.6 is 0 Å². The van der Waals surface area contributed by atoms with Gasteiger partial charge in [-0.15, -0.1) is 0 Å². The van der Waals surface area contributed by atoms with E-state index >= 15 is 0 Å². The van der Waals surface area contributed by atoms with Crippen molar-refractivity contribution in [3.8, 4) is 0 Å². The van der Waals surface area contributed by atoms with Crippen LogP contribution in [0.5, 0.6) is 0 Å². The van der Waals surface area contributed by atoms with E-state index in [4.69, 9.17) is 0 Å². The van der Waals surface area contributed by atoms with Crippen molar-refractivity contribution in [1.29, 1.82) is 0 Å². The first-order valence-corrected chi connectivity index (χ1v) is 9.18. The van der Waals surface area contributed by atoms with E-state index in [1.807, 2.05) is 18.3 Å². The van der Waals surface area contributed by atoms with E-state index in [2.05, 4.69) is 52.5 Å². The minimum atomic E-state index is 0.306. The van der Waals surface area contributed by atoms with Gasteiger partial charge in [-0.25, -0.2) is 0 Å². The van der Waals surface area contributed by atoms with E-state index in [9.17, 15) is 4.79 Å². The van der Waals surface area contributed by atoms with Crippen LogP contribution in [0, 0.1) is 0 Å². The Morgan fingerprint density at radius 2 is 2.08 bits per heavy atom. The second kappa shape index (κ2) is 8.77. The van der Waals surface area contributed by atoms with E-state index < -0.39 is 0 Å². The topological polar surface area (TPSA) is 45.2 Å². The maximum absolute atomic E-state index is 12.3. The van der Waals surface area contributed by atoms with Crippen LogP contribution in [0.3, 0.4) is 0 Å². The monoisotopic (exact) mass is 337 g/mol. The average Bonchev–Trinajstić information content (AvgIpc) is 3.00. The molecular weight excluding hydrogens is 310 g/mol. The average molecular weight is 337 g/mol. The number of hydrogen-bond donors (Lipinski definition) is 1. The quantitative estimate of drug-likeness (QED) is 0.751. The van der Waals surface area contributed by atoms with Crippen LogP contribution in [0.2, 0.25) is 0 Å². The second-order valence-corrected chi connectivity index (χ2v) is 6.88. The Bertz CT molecular complexity index is 659. The number of likely N-dealkylation sites (tertiary alicyclic amines) is 1. The summed E-state index contributed by atoms with van der Waals surface area (Å²) in [6.07, 6.45) is 6.36. The molecule has 1 fully saturated rings. The molecule has 2 atom stereocenters.